The SMILES string of the molecule is CCCCCCCCCCCCCCCCOCCOCC(O)C[N+](C)(C)C. The number of hydrogen-bond donors (Lipinski definition) is 1. The number of hydrogen-bond acceptors (Lipinski definition) is 3. The maximum Gasteiger partial charge on any atom is 0.126 e. The Morgan fingerprint density at radius 2 is 1.04 bits per heavy atom. The minimum absolute atomic E-state index is 0.397. The van der Waals surface area contributed by atoms with Crippen molar-refractivity contribution in [1.29, 1.82) is 0 Å². The smallest absolute Gasteiger partial charge is 0.126 e. The molecule has 0 heterocycles. The van der Waals surface area contributed by atoms with Gasteiger partial charge in [0.2, 0.25) is 0 Å². The van der Waals surface area contributed by atoms with Crippen LogP contribution in [-0.4, -0.2) is 69.8 Å². The molecule has 0 saturated heterocycles. The van der Waals surface area contributed by atoms with Crippen LogP contribution < -0.4 is 0 Å². The topological polar surface area (TPSA) is 38.7 Å². The van der Waals surface area contributed by atoms with E-state index in [1.54, 1.807) is 0 Å². The monoisotopic (exact) mass is 402 g/mol. The van der Waals surface area contributed by atoms with Crippen LogP contribution in [0.15, 0.2) is 0 Å². The molecule has 0 aromatic carbocycles. The van der Waals surface area contributed by atoms with E-state index < -0.39 is 6.10 Å². The molecule has 0 aliphatic carbocycles. The molecule has 4 nitrogen and oxygen atoms in total. The number of aliphatic hydroxyl groups excluding tert-OH is 1. The van der Waals surface area contributed by atoms with Crippen molar-refractivity contribution in [2.24, 2.45) is 0 Å². The van der Waals surface area contributed by atoms with Gasteiger partial charge in [0, 0.05) is 6.61 Å². The van der Waals surface area contributed by atoms with Gasteiger partial charge in [-0.05, 0) is 6.42 Å². The Labute approximate surface area is 176 Å². The molecule has 0 saturated carbocycles. The van der Waals surface area contributed by atoms with Crippen molar-refractivity contribution in [3.8, 4) is 0 Å². The van der Waals surface area contributed by atoms with E-state index in [-0.39, 0.29) is 0 Å². The first-order valence-corrected chi connectivity index (χ1v) is 12.1. The first kappa shape index (κ1) is 27.8. The fraction of sp³-hybridized carbons (Fsp3) is 1.00. The summed E-state index contributed by atoms with van der Waals surface area (Å²) in [5.41, 5.74) is 0. The van der Waals surface area contributed by atoms with E-state index in [2.05, 4.69) is 28.1 Å². The first-order chi connectivity index (χ1) is 13.5. The van der Waals surface area contributed by atoms with E-state index in [1.165, 1.54) is 83.5 Å². The van der Waals surface area contributed by atoms with Crippen LogP contribution in [0.5, 0.6) is 0 Å². The third kappa shape index (κ3) is 23.9. The summed E-state index contributed by atoms with van der Waals surface area (Å²) in [7, 11) is 6.22. The highest BCUT2D eigenvalue weighted by molar-refractivity contribution is 4.51. The zero-order valence-corrected chi connectivity index (χ0v) is 19.7. The van der Waals surface area contributed by atoms with Gasteiger partial charge < -0.3 is 19.1 Å². The lowest BCUT2D eigenvalue weighted by Gasteiger charge is -2.26. The van der Waals surface area contributed by atoms with E-state index in [9.17, 15) is 5.11 Å². The highest BCUT2D eigenvalue weighted by atomic mass is 16.5. The summed E-state index contributed by atoms with van der Waals surface area (Å²) in [5, 5.41) is 9.85. The average Bonchev–Trinajstić information content (AvgIpc) is 2.62. The molecular formula is C24H52NO3+. The second-order valence-corrected chi connectivity index (χ2v) is 9.41. The first-order valence-electron chi connectivity index (χ1n) is 12.1. The molecule has 0 aromatic rings. The number of rotatable bonds is 22. The predicted octanol–water partition coefficient (Wildman–Crippen LogP) is 5.57. The van der Waals surface area contributed by atoms with Gasteiger partial charge in [-0.2, -0.15) is 0 Å². The van der Waals surface area contributed by atoms with Gasteiger partial charge in [0.15, 0.2) is 0 Å². The largest absolute Gasteiger partial charge is 0.385 e. The minimum Gasteiger partial charge on any atom is -0.385 e. The maximum absolute atomic E-state index is 9.85. The molecule has 1 N–H and O–H groups in total. The molecule has 0 spiro atoms. The standard InChI is InChI=1S/C24H52NO3/c1-5-6-7-8-9-10-11-12-13-14-15-16-17-18-19-27-20-21-28-23-24(26)22-25(2,3)4/h24,26H,5-23H2,1-4H3/q+1. The summed E-state index contributed by atoms with van der Waals surface area (Å²) in [6.07, 6.45) is 19.0. The van der Waals surface area contributed by atoms with Crippen LogP contribution in [0.3, 0.4) is 0 Å². The van der Waals surface area contributed by atoms with Gasteiger partial charge >= 0.3 is 0 Å². The summed E-state index contributed by atoms with van der Waals surface area (Å²) in [5.74, 6) is 0. The Morgan fingerprint density at radius 1 is 0.607 bits per heavy atom. The quantitative estimate of drug-likeness (QED) is 0.190. The van der Waals surface area contributed by atoms with Crippen LogP contribution in [-0.2, 0) is 9.47 Å². The van der Waals surface area contributed by atoms with E-state index in [0.29, 0.717) is 26.4 Å². The number of nitrogens with zero attached hydrogens (tertiary/aromatic N) is 1. The van der Waals surface area contributed by atoms with Gasteiger partial charge in [0.1, 0.15) is 12.6 Å². The summed E-state index contributed by atoms with van der Waals surface area (Å²) in [4.78, 5) is 0. The number of aliphatic hydroxyl groups is 1. The van der Waals surface area contributed by atoms with Crippen molar-refractivity contribution >= 4 is 0 Å². The average molecular weight is 403 g/mol. The zero-order valence-electron chi connectivity index (χ0n) is 19.7. The third-order valence-electron chi connectivity index (χ3n) is 5.08. The van der Waals surface area contributed by atoms with Crippen molar-refractivity contribution in [2.75, 3.05) is 54.1 Å². The van der Waals surface area contributed by atoms with Crippen LogP contribution in [0.2, 0.25) is 0 Å². The molecule has 170 valence electrons. The molecule has 0 fully saturated rings. The third-order valence-corrected chi connectivity index (χ3v) is 5.08. The summed E-state index contributed by atoms with van der Waals surface area (Å²) < 4.78 is 11.8. The van der Waals surface area contributed by atoms with Gasteiger partial charge in [0.05, 0.1) is 41.0 Å². The maximum atomic E-state index is 9.85. The van der Waals surface area contributed by atoms with Gasteiger partial charge in [-0.1, -0.05) is 90.4 Å². The normalized spacial score (nSPS) is 13.2. The predicted molar refractivity (Wildman–Crippen MR) is 121 cm³/mol. The molecule has 0 amide bonds. The van der Waals surface area contributed by atoms with Crippen molar-refractivity contribution in [3.63, 3.8) is 0 Å². The van der Waals surface area contributed by atoms with Crippen molar-refractivity contribution < 1.29 is 19.1 Å². The molecule has 4 heteroatoms. The molecule has 0 aliphatic rings. The Balaban J connectivity index is 3.10. The minimum atomic E-state index is -0.397. The van der Waals surface area contributed by atoms with Crippen LogP contribution in [0.25, 0.3) is 0 Å². The Kier molecular flexibility index (Phi) is 20.0. The number of likely N-dealkylation sites (N-methyl/N-ethyl adjacent to an activating group) is 1. The molecule has 1 atom stereocenters. The molecule has 0 rings (SSSR count). The summed E-state index contributed by atoms with van der Waals surface area (Å²) in [6, 6.07) is 0. The second kappa shape index (κ2) is 20.1. The van der Waals surface area contributed by atoms with E-state index in [0.717, 1.165) is 17.5 Å². The highest BCUT2D eigenvalue weighted by Crippen LogP contribution is 2.12. The molecule has 0 bridgehead atoms. The van der Waals surface area contributed by atoms with E-state index >= 15 is 0 Å². The Hall–Kier alpha value is -0.160. The van der Waals surface area contributed by atoms with Gasteiger partial charge in [-0.15, -0.1) is 0 Å². The molecular weight excluding hydrogens is 350 g/mol. The Bertz CT molecular complexity index is 305. The summed E-state index contributed by atoms with van der Waals surface area (Å²) >= 11 is 0. The van der Waals surface area contributed by atoms with Crippen LogP contribution in [0.1, 0.15) is 96.8 Å². The molecule has 1 unspecified atom stereocenters. The zero-order chi connectivity index (χ0) is 20.9. The van der Waals surface area contributed by atoms with Gasteiger partial charge in [-0.25, -0.2) is 0 Å². The van der Waals surface area contributed by atoms with Gasteiger partial charge in [-0.3, -0.25) is 0 Å². The van der Waals surface area contributed by atoms with Crippen LogP contribution in [0, 0.1) is 0 Å². The van der Waals surface area contributed by atoms with Crippen LogP contribution >= 0.6 is 0 Å². The van der Waals surface area contributed by atoms with E-state index in [1.807, 2.05) is 0 Å². The fourth-order valence-corrected chi connectivity index (χ4v) is 3.52. The number of quaternary nitrogens is 1. The highest BCUT2D eigenvalue weighted by Gasteiger charge is 2.15. The fourth-order valence-electron chi connectivity index (χ4n) is 3.52. The lowest BCUT2D eigenvalue weighted by atomic mass is 10.0. The molecule has 0 aromatic heterocycles. The summed E-state index contributed by atoms with van der Waals surface area (Å²) in [6.45, 7) is 5.44. The van der Waals surface area contributed by atoms with Gasteiger partial charge in [0.25, 0.3) is 0 Å². The van der Waals surface area contributed by atoms with Crippen LogP contribution in [0.4, 0.5) is 0 Å². The molecule has 0 radical (unpaired) electrons. The number of unbranched alkanes of at least 4 members (excludes halogenated alkanes) is 13. The number of ether oxygens (including phenoxy) is 2. The second-order valence-electron chi connectivity index (χ2n) is 9.41. The van der Waals surface area contributed by atoms with Crippen molar-refractivity contribution in [3.05, 3.63) is 0 Å². The van der Waals surface area contributed by atoms with Crippen molar-refractivity contribution in [1.82, 2.24) is 0 Å². The lowest BCUT2D eigenvalue weighted by molar-refractivity contribution is -0.873. The van der Waals surface area contributed by atoms with Crippen molar-refractivity contribution in [2.45, 2.75) is 103 Å². The molecule has 28 heavy (non-hydrogen) atoms. The molecule has 0 aliphatic heterocycles. The lowest BCUT2D eigenvalue weighted by Crippen LogP contribution is -2.43. The van der Waals surface area contributed by atoms with E-state index in [4.69, 9.17) is 9.47 Å². The Morgan fingerprint density at radius 3 is 1.50 bits per heavy atom.